The van der Waals surface area contributed by atoms with Crippen molar-refractivity contribution in [3.8, 4) is 0 Å². The maximum atomic E-state index is 12.1. The predicted molar refractivity (Wildman–Crippen MR) is 111 cm³/mol. The van der Waals surface area contributed by atoms with Crippen molar-refractivity contribution in [3.05, 3.63) is 69.3 Å². The van der Waals surface area contributed by atoms with E-state index in [1.165, 1.54) is 25.2 Å². The second kappa shape index (κ2) is 9.48. The van der Waals surface area contributed by atoms with Gasteiger partial charge in [0, 0.05) is 24.2 Å². The average Bonchev–Trinajstić information content (AvgIpc) is 2.66. The molecule has 29 heavy (non-hydrogen) atoms. The minimum atomic E-state index is -3.35. The molecule has 0 bridgehead atoms. The summed E-state index contributed by atoms with van der Waals surface area (Å²) in [5, 5.41) is 17.1. The number of sulfonamides is 1. The molecule has 9 nitrogen and oxygen atoms in total. The standard InChI is InChI=1S/C19H24N4O5S/c1-13(2)22-19(24)16-8-9-17(18(10-16)23(25)26)21-11-14-4-6-15(7-5-14)12-29(27,28)20-3/h4-10,13,20-21H,11-12H2,1-3H3,(H,22,24). The molecule has 0 unspecified atom stereocenters. The fraction of sp³-hybridized carbons (Fsp3) is 0.316. The number of nitrogens with zero attached hydrogens (tertiary/aromatic N) is 1. The predicted octanol–water partition coefficient (Wildman–Crippen LogP) is 2.39. The lowest BCUT2D eigenvalue weighted by Gasteiger charge is -2.11. The van der Waals surface area contributed by atoms with Crippen LogP contribution in [-0.4, -0.2) is 32.3 Å². The van der Waals surface area contributed by atoms with Crippen molar-refractivity contribution in [2.75, 3.05) is 12.4 Å². The SMILES string of the molecule is CNS(=O)(=O)Cc1ccc(CNc2ccc(C(=O)NC(C)C)cc2[N+](=O)[O-])cc1. The van der Waals surface area contributed by atoms with Crippen LogP contribution in [0.3, 0.4) is 0 Å². The topological polar surface area (TPSA) is 130 Å². The molecule has 2 rings (SSSR count). The molecule has 0 atom stereocenters. The Bertz CT molecular complexity index is 988. The molecule has 1 amide bonds. The minimum Gasteiger partial charge on any atom is -0.375 e. The lowest BCUT2D eigenvalue weighted by atomic mass is 10.1. The van der Waals surface area contributed by atoms with Gasteiger partial charge in [-0.15, -0.1) is 0 Å². The zero-order chi connectivity index (χ0) is 21.6. The van der Waals surface area contributed by atoms with E-state index >= 15 is 0 Å². The number of anilines is 1. The van der Waals surface area contributed by atoms with Gasteiger partial charge in [0.15, 0.2) is 0 Å². The van der Waals surface area contributed by atoms with Crippen LogP contribution in [0.15, 0.2) is 42.5 Å². The molecule has 156 valence electrons. The number of carbonyl (C=O) groups is 1. The van der Waals surface area contributed by atoms with E-state index in [2.05, 4.69) is 15.4 Å². The number of benzene rings is 2. The molecule has 2 aromatic carbocycles. The van der Waals surface area contributed by atoms with Crippen molar-refractivity contribution in [2.24, 2.45) is 0 Å². The molecule has 0 saturated carbocycles. The van der Waals surface area contributed by atoms with E-state index in [4.69, 9.17) is 0 Å². The number of hydrogen-bond acceptors (Lipinski definition) is 6. The third-order valence-corrected chi connectivity index (χ3v) is 5.39. The highest BCUT2D eigenvalue weighted by Gasteiger charge is 2.18. The summed E-state index contributed by atoms with van der Waals surface area (Å²) < 4.78 is 25.4. The maximum absolute atomic E-state index is 12.1. The van der Waals surface area contributed by atoms with Gasteiger partial charge in [-0.1, -0.05) is 24.3 Å². The molecule has 0 aromatic heterocycles. The van der Waals surface area contributed by atoms with Crippen LogP contribution in [0.2, 0.25) is 0 Å². The number of nitrogens with one attached hydrogen (secondary N) is 3. The van der Waals surface area contributed by atoms with E-state index < -0.39 is 14.9 Å². The second-order valence-corrected chi connectivity index (χ2v) is 8.68. The second-order valence-electron chi connectivity index (χ2n) is 6.75. The van der Waals surface area contributed by atoms with Crippen LogP contribution in [-0.2, 0) is 22.3 Å². The lowest BCUT2D eigenvalue weighted by molar-refractivity contribution is -0.384. The van der Waals surface area contributed by atoms with Gasteiger partial charge in [0.25, 0.3) is 11.6 Å². The molecule has 0 aliphatic heterocycles. The summed E-state index contributed by atoms with van der Waals surface area (Å²) in [6.45, 7) is 3.92. The Kier molecular flexibility index (Phi) is 7.29. The summed E-state index contributed by atoms with van der Waals surface area (Å²) in [7, 11) is -1.99. The van der Waals surface area contributed by atoms with Crippen molar-refractivity contribution >= 4 is 27.3 Å². The average molecular weight is 420 g/mol. The number of carbonyl (C=O) groups excluding carboxylic acids is 1. The van der Waals surface area contributed by atoms with Crippen molar-refractivity contribution in [1.29, 1.82) is 0 Å². The van der Waals surface area contributed by atoms with Gasteiger partial charge >= 0.3 is 0 Å². The number of amides is 1. The Hall–Kier alpha value is -2.98. The van der Waals surface area contributed by atoms with Crippen molar-refractivity contribution in [3.63, 3.8) is 0 Å². The third kappa shape index (κ3) is 6.54. The molecule has 2 aromatic rings. The van der Waals surface area contributed by atoms with Crippen molar-refractivity contribution in [1.82, 2.24) is 10.0 Å². The summed E-state index contributed by atoms with van der Waals surface area (Å²) in [4.78, 5) is 22.9. The number of nitro groups is 1. The molecule has 0 saturated heterocycles. The van der Waals surface area contributed by atoms with Gasteiger partial charge < -0.3 is 10.6 Å². The van der Waals surface area contributed by atoms with Gasteiger partial charge in [0.2, 0.25) is 10.0 Å². The van der Waals surface area contributed by atoms with Crippen LogP contribution in [0.25, 0.3) is 0 Å². The Labute approximate surface area is 169 Å². The quantitative estimate of drug-likeness (QED) is 0.422. The van der Waals surface area contributed by atoms with Gasteiger partial charge in [-0.3, -0.25) is 14.9 Å². The molecule has 0 fully saturated rings. The summed E-state index contributed by atoms with van der Waals surface area (Å²) >= 11 is 0. The van der Waals surface area contributed by atoms with Crippen molar-refractivity contribution in [2.45, 2.75) is 32.2 Å². The zero-order valence-corrected chi connectivity index (χ0v) is 17.2. The number of rotatable bonds is 9. The third-order valence-electron chi connectivity index (χ3n) is 4.05. The smallest absolute Gasteiger partial charge is 0.293 e. The number of nitro benzene ring substituents is 1. The Morgan fingerprint density at radius 1 is 1.10 bits per heavy atom. The first kappa shape index (κ1) is 22.3. The van der Waals surface area contributed by atoms with Gasteiger partial charge in [-0.25, -0.2) is 13.1 Å². The van der Waals surface area contributed by atoms with Gasteiger partial charge in [0.05, 0.1) is 10.7 Å². The molecule has 3 N–H and O–H groups in total. The molecular weight excluding hydrogens is 396 g/mol. The van der Waals surface area contributed by atoms with Gasteiger partial charge in [-0.05, 0) is 44.2 Å². The summed E-state index contributed by atoms with van der Waals surface area (Å²) in [5.41, 5.74) is 1.77. The molecule has 0 aliphatic carbocycles. The molecular formula is C19H24N4O5S. The summed E-state index contributed by atoms with van der Waals surface area (Å²) in [5.74, 6) is -0.496. The van der Waals surface area contributed by atoms with Crippen LogP contribution in [0.5, 0.6) is 0 Å². The molecule has 0 aliphatic rings. The number of hydrogen-bond donors (Lipinski definition) is 3. The zero-order valence-electron chi connectivity index (χ0n) is 16.4. The Morgan fingerprint density at radius 2 is 1.72 bits per heavy atom. The fourth-order valence-electron chi connectivity index (χ4n) is 2.56. The van der Waals surface area contributed by atoms with E-state index in [1.807, 2.05) is 13.8 Å². The first-order chi connectivity index (χ1) is 13.6. The van der Waals surface area contributed by atoms with Crippen molar-refractivity contribution < 1.29 is 18.1 Å². The highest BCUT2D eigenvalue weighted by molar-refractivity contribution is 7.88. The van der Waals surface area contributed by atoms with E-state index in [0.29, 0.717) is 12.1 Å². The monoisotopic (exact) mass is 420 g/mol. The van der Waals surface area contributed by atoms with Crippen LogP contribution < -0.4 is 15.4 Å². The molecule has 10 heteroatoms. The molecule has 0 heterocycles. The van der Waals surface area contributed by atoms with Gasteiger partial charge in [-0.2, -0.15) is 0 Å². The van der Waals surface area contributed by atoms with Gasteiger partial charge in [0.1, 0.15) is 5.69 Å². The lowest BCUT2D eigenvalue weighted by Crippen LogP contribution is -2.30. The fourth-order valence-corrected chi connectivity index (χ4v) is 3.34. The van der Waals surface area contributed by atoms with E-state index in [0.717, 1.165) is 5.56 Å². The molecule has 0 radical (unpaired) electrons. The van der Waals surface area contributed by atoms with Crippen LogP contribution in [0.1, 0.15) is 35.3 Å². The van der Waals surface area contributed by atoms with Crippen LogP contribution >= 0.6 is 0 Å². The summed E-state index contributed by atoms with van der Waals surface area (Å²) in [6.07, 6.45) is 0. The maximum Gasteiger partial charge on any atom is 0.293 e. The summed E-state index contributed by atoms with van der Waals surface area (Å²) in [6, 6.07) is 11.1. The van der Waals surface area contributed by atoms with E-state index in [1.54, 1.807) is 24.3 Å². The van der Waals surface area contributed by atoms with E-state index in [-0.39, 0.29) is 34.6 Å². The highest BCUT2D eigenvalue weighted by Crippen LogP contribution is 2.26. The molecule has 0 spiro atoms. The van der Waals surface area contributed by atoms with E-state index in [9.17, 15) is 23.3 Å². The van der Waals surface area contributed by atoms with Crippen LogP contribution in [0.4, 0.5) is 11.4 Å². The largest absolute Gasteiger partial charge is 0.375 e. The first-order valence-electron chi connectivity index (χ1n) is 8.93. The van der Waals surface area contributed by atoms with Crippen LogP contribution in [0, 0.1) is 10.1 Å². The highest BCUT2D eigenvalue weighted by atomic mass is 32.2. The minimum absolute atomic E-state index is 0.0783. The normalized spacial score (nSPS) is 11.3. The Balaban J connectivity index is 2.11. The first-order valence-corrected chi connectivity index (χ1v) is 10.6. The Morgan fingerprint density at radius 3 is 2.28 bits per heavy atom.